The molecule has 0 N–H and O–H groups in total. The van der Waals surface area contributed by atoms with Crippen LogP contribution in [0.1, 0.15) is 17.0 Å². The largest absolute Gasteiger partial charge is 0.434 e. The van der Waals surface area contributed by atoms with Crippen molar-refractivity contribution in [3.8, 4) is 5.82 Å². The molecule has 28 heavy (non-hydrogen) atoms. The van der Waals surface area contributed by atoms with Gasteiger partial charge in [-0.3, -0.25) is 9.36 Å². The first-order valence-electron chi connectivity index (χ1n) is 7.70. The van der Waals surface area contributed by atoms with Crippen LogP contribution in [-0.4, -0.2) is 23.3 Å². The van der Waals surface area contributed by atoms with Crippen molar-refractivity contribution in [2.45, 2.75) is 19.3 Å². The summed E-state index contributed by atoms with van der Waals surface area (Å²) in [6, 6.07) is 1.99. The Balaban J connectivity index is 1.92. The van der Waals surface area contributed by atoms with Gasteiger partial charge in [0.1, 0.15) is 5.65 Å². The molecule has 0 radical (unpaired) electrons. The number of hydrogen-bond donors (Lipinski definition) is 0. The number of aromatic nitrogens is 5. The highest BCUT2D eigenvalue weighted by Gasteiger charge is 2.34. The predicted octanol–water partition coefficient (Wildman–Crippen LogP) is 3.48. The van der Waals surface area contributed by atoms with E-state index in [9.17, 15) is 31.1 Å². The molecule has 0 atom stereocenters. The van der Waals surface area contributed by atoms with Crippen LogP contribution in [0, 0.1) is 6.92 Å². The molecule has 0 fully saturated rings. The molecule has 0 spiro atoms. The van der Waals surface area contributed by atoms with E-state index in [2.05, 4.69) is 9.97 Å². The summed E-state index contributed by atoms with van der Waals surface area (Å²) in [6.07, 6.45) is -5.42. The fourth-order valence-corrected chi connectivity index (χ4v) is 2.83. The van der Waals surface area contributed by atoms with Crippen molar-refractivity contribution in [1.29, 1.82) is 0 Å². The number of aryl methyl sites for hydroxylation is 1. The number of nitrogens with zero attached hydrogens (tertiary/aromatic N) is 5. The Morgan fingerprint density at radius 3 is 2.29 bits per heavy atom. The second kappa shape index (κ2) is 5.59. The second-order valence-corrected chi connectivity index (χ2v) is 5.99. The van der Waals surface area contributed by atoms with Gasteiger partial charge in [0.15, 0.2) is 11.5 Å². The van der Waals surface area contributed by atoms with Gasteiger partial charge in [0.2, 0.25) is 5.65 Å². The molecule has 4 heterocycles. The Morgan fingerprint density at radius 1 is 0.929 bits per heavy atom. The molecular formula is C16H9F6N5O. The van der Waals surface area contributed by atoms with Crippen LogP contribution in [0.25, 0.3) is 17.1 Å². The fourth-order valence-electron chi connectivity index (χ4n) is 2.83. The first-order chi connectivity index (χ1) is 13.0. The van der Waals surface area contributed by atoms with E-state index in [1.807, 2.05) is 0 Å². The Hall–Kier alpha value is -3.31. The van der Waals surface area contributed by atoms with E-state index in [4.69, 9.17) is 0 Å². The van der Waals surface area contributed by atoms with Crippen molar-refractivity contribution in [2.24, 2.45) is 0 Å². The summed E-state index contributed by atoms with van der Waals surface area (Å²) in [5, 5.41) is 0. The van der Waals surface area contributed by atoms with Crippen molar-refractivity contribution in [3.63, 3.8) is 0 Å². The minimum absolute atomic E-state index is 0.0108. The summed E-state index contributed by atoms with van der Waals surface area (Å²) in [6.45, 7) is 1.44. The molecule has 0 aliphatic rings. The van der Waals surface area contributed by atoms with Crippen LogP contribution in [0.15, 0.2) is 41.7 Å². The lowest BCUT2D eigenvalue weighted by Gasteiger charge is -2.07. The normalized spacial score (nSPS) is 13.0. The Kier molecular flexibility index (Phi) is 3.61. The number of alkyl halides is 6. The molecule has 146 valence electrons. The van der Waals surface area contributed by atoms with E-state index in [0.717, 1.165) is 31.7 Å². The molecule has 0 aliphatic heterocycles. The summed E-state index contributed by atoms with van der Waals surface area (Å²) in [5.41, 5.74) is -3.16. The van der Waals surface area contributed by atoms with Gasteiger partial charge in [-0.25, -0.2) is 9.97 Å². The predicted molar refractivity (Wildman–Crippen MR) is 84.3 cm³/mol. The molecule has 0 unspecified atom stereocenters. The monoisotopic (exact) mass is 401 g/mol. The van der Waals surface area contributed by atoms with Gasteiger partial charge in [0, 0.05) is 24.8 Å². The Bertz CT molecular complexity index is 1280. The zero-order valence-electron chi connectivity index (χ0n) is 13.9. The standard InChI is InChI=1S/C16H9F6N5O/c1-8-12(24-11-3-2-9(6-27(8)11)15(17,18)19)26-5-4-25-7-10(16(20,21)22)23-13(25)14(26)28/h2-7H,1H3. The average Bonchev–Trinajstić information content (AvgIpc) is 3.17. The minimum Gasteiger partial charge on any atom is -0.301 e. The zero-order valence-corrected chi connectivity index (χ0v) is 13.9. The van der Waals surface area contributed by atoms with E-state index in [1.54, 1.807) is 0 Å². The van der Waals surface area contributed by atoms with Crippen LogP contribution in [0.2, 0.25) is 0 Å². The lowest BCUT2D eigenvalue weighted by atomic mass is 10.3. The average molecular weight is 401 g/mol. The molecule has 0 bridgehead atoms. The van der Waals surface area contributed by atoms with Crippen LogP contribution in [0.4, 0.5) is 26.3 Å². The van der Waals surface area contributed by atoms with Gasteiger partial charge in [0.25, 0.3) is 5.56 Å². The topological polar surface area (TPSA) is 56.6 Å². The summed E-state index contributed by atoms with van der Waals surface area (Å²) in [5.74, 6) is -0.0108. The third kappa shape index (κ3) is 2.72. The summed E-state index contributed by atoms with van der Waals surface area (Å²) in [4.78, 5) is 20.1. The maximum absolute atomic E-state index is 12.9. The molecule has 12 heteroatoms. The van der Waals surface area contributed by atoms with Crippen molar-refractivity contribution in [1.82, 2.24) is 23.3 Å². The van der Waals surface area contributed by atoms with Crippen LogP contribution >= 0.6 is 0 Å². The Labute approximate surface area is 151 Å². The smallest absolute Gasteiger partial charge is 0.301 e. The molecule has 0 amide bonds. The number of imidazole rings is 2. The van der Waals surface area contributed by atoms with Crippen LogP contribution in [0.3, 0.4) is 0 Å². The summed E-state index contributed by atoms with van der Waals surface area (Å²) < 4.78 is 80.3. The molecule has 4 aromatic heterocycles. The van der Waals surface area contributed by atoms with E-state index in [-0.39, 0.29) is 17.2 Å². The van der Waals surface area contributed by atoms with Gasteiger partial charge < -0.3 is 8.80 Å². The molecule has 0 saturated heterocycles. The highest BCUT2D eigenvalue weighted by Crippen LogP contribution is 2.30. The van der Waals surface area contributed by atoms with Crippen molar-refractivity contribution < 1.29 is 26.3 Å². The van der Waals surface area contributed by atoms with Crippen molar-refractivity contribution >= 4 is 11.3 Å². The first-order valence-corrected chi connectivity index (χ1v) is 7.70. The van der Waals surface area contributed by atoms with E-state index >= 15 is 0 Å². The van der Waals surface area contributed by atoms with Gasteiger partial charge in [-0.05, 0) is 19.1 Å². The lowest BCUT2D eigenvalue weighted by Crippen LogP contribution is -2.21. The first kappa shape index (κ1) is 18.1. The highest BCUT2D eigenvalue weighted by molar-refractivity contribution is 5.51. The molecule has 0 saturated carbocycles. The van der Waals surface area contributed by atoms with Gasteiger partial charge in [0.05, 0.1) is 11.3 Å². The fraction of sp³-hybridized carbons (Fsp3) is 0.188. The molecule has 4 aromatic rings. The Morgan fingerprint density at radius 2 is 1.64 bits per heavy atom. The minimum atomic E-state index is -4.73. The van der Waals surface area contributed by atoms with E-state index in [1.165, 1.54) is 19.3 Å². The van der Waals surface area contributed by atoms with Crippen LogP contribution in [0.5, 0.6) is 0 Å². The third-order valence-electron chi connectivity index (χ3n) is 4.20. The highest BCUT2D eigenvalue weighted by atomic mass is 19.4. The SMILES string of the molecule is Cc1c(-n2ccn3cc(C(F)(F)F)nc3c2=O)nc2ccc(C(F)(F)F)cn12. The number of halogens is 6. The summed E-state index contributed by atoms with van der Waals surface area (Å²) >= 11 is 0. The number of fused-ring (bicyclic) bond motifs is 2. The number of pyridine rings is 1. The lowest BCUT2D eigenvalue weighted by molar-refractivity contribution is -0.141. The maximum atomic E-state index is 12.9. The maximum Gasteiger partial charge on any atom is 0.434 e. The molecule has 0 aliphatic carbocycles. The second-order valence-electron chi connectivity index (χ2n) is 5.99. The third-order valence-corrected chi connectivity index (χ3v) is 4.20. The van der Waals surface area contributed by atoms with E-state index < -0.39 is 34.8 Å². The zero-order chi connectivity index (χ0) is 20.4. The van der Waals surface area contributed by atoms with Gasteiger partial charge >= 0.3 is 12.4 Å². The van der Waals surface area contributed by atoms with Crippen LogP contribution < -0.4 is 5.56 Å². The van der Waals surface area contributed by atoms with Crippen LogP contribution in [-0.2, 0) is 12.4 Å². The van der Waals surface area contributed by atoms with Crippen molar-refractivity contribution in [2.75, 3.05) is 0 Å². The van der Waals surface area contributed by atoms with Crippen molar-refractivity contribution in [3.05, 3.63) is 64.2 Å². The number of rotatable bonds is 1. The van der Waals surface area contributed by atoms with Gasteiger partial charge in [-0.1, -0.05) is 0 Å². The van der Waals surface area contributed by atoms with E-state index in [0.29, 0.717) is 6.20 Å². The molecule has 0 aromatic carbocycles. The quantitative estimate of drug-likeness (QED) is 0.459. The molecule has 6 nitrogen and oxygen atoms in total. The number of hydrogen-bond acceptors (Lipinski definition) is 3. The van der Waals surface area contributed by atoms with Gasteiger partial charge in [-0.15, -0.1) is 0 Å². The molecular weight excluding hydrogens is 392 g/mol. The van der Waals surface area contributed by atoms with Gasteiger partial charge in [-0.2, -0.15) is 26.3 Å². The molecule has 4 rings (SSSR count). The summed E-state index contributed by atoms with van der Waals surface area (Å²) in [7, 11) is 0.